The van der Waals surface area contributed by atoms with Crippen LogP contribution in [0.5, 0.6) is 0 Å². The van der Waals surface area contributed by atoms with Gasteiger partial charge < -0.3 is 10.1 Å². The van der Waals surface area contributed by atoms with Crippen LogP contribution in [0.1, 0.15) is 51.0 Å². The summed E-state index contributed by atoms with van der Waals surface area (Å²) in [4.78, 5) is 12.0. The van der Waals surface area contributed by atoms with Crippen molar-refractivity contribution in [1.82, 2.24) is 0 Å². The minimum absolute atomic E-state index is 0.105. The van der Waals surface area contributed by atoms with E-state index in [1.165, 1.54) is 19.3 Å². The van der Waals surface area contributed by atoms with Crippen molar-refractivity contribution in [2.75, 3.05) is 11.9 Å². The van der Waals surface area contributed by atoms with E-state index < -0.39 is 0 Å². The number of carbonyl (C=O) groups excluding carboxylic acids is 1. The van der Waals surface area contributed by atoms with Gasteiger partial charge in [-0.25, -0.2) is 0 Å². The number of hydrogen-bond acceptors (Lipinski definition) is 3. The van der Waals surface area contributed by atoms with Gasteiger partial charge in [-0.15, -0.1) is 0 Å². The summed E-state index contributed by atoms with van der Waals surface area (Å²) < 4.78 is 5.93. The number of para-hydroxylation sites is 1. The number of rotatable bonds is 6. The second-order valence-electron chi connectivity index (χ2n) is 5.82. The number of nitrogens with zero attached hydrogens (tertiary/aromatic N) is 1. The third kappa shape index (κ3) is 4.57. The molecule has 118 valence electrons. The van der Waals surface area contributed by atoms with Gasteiger partial charge in [0.05, 0.1) is 30.4 Å². The third-order valence-electron chi connectivity index (χ3n) is 4.35. The molecule has 1 fully saturated rings. The van der Waals surface area contributed by atoms with E-state index >= 15 is 0 Å². The predicted molar refractivity (Wildman–Crippen MR) is 86.4 cm³/mol. The van der Waals surface area contributed by atoms with E-state index in [9.17, 15) is 4.79 Å². The maximum Gasteiger partial charge on any atom is 0.226 e. The standard InChI is InChI=1S/C18H24N2O2/c1-2-14-7-4-6-10-17(14)22-12-11-18(21)20-16-9-5-3-8-15(16)13-19/h3,5,8-9,14,17H,2,4,6-7,10-12H2,1H3,(H,20,21). The first-order valence-corrected chi connectivity index (χ1v) is 8.15. The lowest BCUT2D eigenvalue weighted by molar-refractivity contribution is -0.118. The molecule has 1 amide bonds. The molecule has 0 saturated heterocycles. The van der Waals surface area contributed by atoms with Crippen LogP contribution < -0.4 is 5.32 Å². The van der Waals surface area contributed by atoms with Gasteiger partial charge in [-0.3, -0.25) is 4.79 Å². The Morgan fingerprint density at radius 1 is 1.36 bits per heavy atom. The highest BCUT2D eigenvalue weighted by Crippen LogP contribution is 2.29. The summed E-state index contributed by atoms with van der Waals surface area (Å²) in [6, 6.07) is 9.10. The lowest BCUT2D eigenvalue weighted by Crippen LogP contribution is -2.28. The van der Waals surface area contributed by atoms with E-state index in [4.69, 9.17) is 10.00 Å². The maximum absolute atomic E-state index is 12.0. The molecule has 1 aromatic rings. The highest BCUT2D eigenvalue weighted by atomic mass is 16.5. The van der Waals surface area contributed by atoms with E-state index in [-0.39, 0.29) is 5.91 Å². The van der Waals surface area contributed by atoms with E-state index in [2.05, 4.69) is 18.3 Å². The zero-order valence-electron chi connectivity index (χ0n) is 13.2. The second kappa shape index (κ2) is 8.55. The van der Waals surface area contributed by atoms with Crippen molar-refractivity contribution in [2.24, 2.45) is 5.92 Å². The average molecular weight is 300 g/mol. The molecule has 0 spiro atoms. The average Bonchev–Trinajstić information content (AvgIpc) is 2.55. The summed E-state index contributed by atoms with van der Waals surface area (Å²) >= 11 is 0. The molecule has 1 aliphatic rings. The zero-order chi connectivity index (χ0) is 15.8. The molecule has 2 unspecified atom stereocenters. The topological polar surface area (TPSA) is 62.1 Å². The molecular weight excluding hydrogens is 276 g/mol. The predicted octanol–water partition coefficient (Wildman–Crippen LogP) is 3.87. The van der Waals surface area contributed by atoms with Crippen LogP contribution in [0.3, 0.4) is 0 Å². The number of nitriles is 1. The molecule has 1 aliphatic carbocycles. The Hall–Kier alpha value is -1.86. The molecule has 0 aromatic heterocycles. The molecule has 2 rings (SSSR count). The fourth-order valence-corrected chi connectivity index (χ4v) is 3.07. The number of carbonyl (C=O) groups is 1. The van der Waals surface area contributed by atoms with Gasteiger partial charge in [-0.2, -0.15) is 5.26 Å². The third-order valence-corrected chi connectivity index (χ3v) is 4.35. The van der Waals surface area contributed by atoms with Gasteiger partial charge in [0.1, 0.15) is 6.07 Å². The van der Waals surface area contributed by atoms with Gasteiger partial charge in [-0.1, -0.05) is 38.3 Å². The maximum atomic E-state index is 12.0. The summed E-state index contributed by atoms with van der Waals surface area (Å²) in [6.45, 7) is 2.65. The van der Waals surface area contributed by atoms with Gasteiger partial charge in [0.15, 0.2) is 0 Å². The first-order valence-electron chi connectivity index (χ1n) is 8.15. The van der Waals surface area contributed by atoms with Crippen LogP contribution in [-0.2, 0) is 9.53 Å². The number of ether oxygens (including phenoxy) is 1. The van der Waals surface area contributed by atoms with Crippen molar-refractivity contribution in [2.45, 2.75) is 51.6 Å². The van der Waals surface area contributed by atoms with Gasteiger partial charge >= 0.3 is 0 Å². The minimum Gasteiger partial charge on any atom is -0.377 e. The quantitative estimate of drug-likeness (QED) is 0.867. The Kier molecular flexibility index (Phi) is 6.42. The number of benzene rings is 1. The fraction of sp³-hybridized carbons (Fsp3) is 0.556. The molecule has 22 heavy (non-hydrogen) atoms. The van der Waals surface area contributed by atoms with Gasteiger partial charge in [-0.05, 0) is 30.9 Å². The molecule has 0 aliphatic heterocycles. The number of hydrogen-bond donors (Lipinski definition) is 1. The first kappa shape index (κ1) is 16.5. The molecule has 1 N–H and O–H groups in total. The summed E-state index contributed by atoms with van der Waals surface area (Å²) in [6.07, 6.45) is 6.64. The second-order valence-corrected chi connectivity index (χ2v) is 5.82. The Balaban J connectivity index is 1.77. The Morgan fingerprint density at radius 3 is 2.91 bits per heavy atom. The fourth-order valence-electron chi connectivity index (χ4n) is 3.07. The van der Waals surface area contributed by atoms with Crippen molar-refractivity contribution < 1.29 is 9.53 Å². The van der Waals surface area contributed by atoms with Crippen LogP contribution in [0.15, 0.2) is 24.3 Å². The molecule has 0 heterocycles. The number of amides is 1. The van der Waals surface area contributed by atoms with Crippen molar-refractivity contribution in [3.05, 3.63) is 29.8 Å². The molecule has 0 radical (unpaired) electrons. The van der Waals surface area contributed by atoms with Crippen LogP contribution in [0.25, 0.3) is 0 Å². The van der Waals surface area contributed by atoms with E-state index in [0.29, 0.717) is 36.3 Å². The number of nitrogens with one attached hydrogen (secondary N) is 1. The molecule has 4 nitrogen and oxygen atoms in total. The van der Waals surface area contributed by atoms with Crippen LogP contribution in [0.2, 0.25) is 0 Å². The molecule has 1 saturated carbocycles. The first-order chi connectivity index (χ1) is 10.7. The monoisotopic (exact) mass is 300 g/mol. The van der Waals surface area contributed by atoms with Gasteiger partial charge in [0.25, 0.3) is 0 Å². The van der Waals surface area contributed by atoms with Crippen LogP contribution in [0.4, 0.5) is 5.69 Å². The van der Waals surface area contributed by atoms with E-state index in [1.54, 1.807) is 24.3 Å². The highest BCUT2D eigenvalue weighted by Gasteiger charge is 2.24. The molecule has 0 bridgehead atoms. The molecule has 2 atom stereocenters. The van der Waals surface area contributed by atoms with Crippen LogP contribution in [0, 0.1) is 17.2 Å². The van der Waals surface area contributed by atoms with E-state index in [0.717, 1.165) is 12.8 Å². The minimum atomic E-state index is -0.105. The molecular formula is C18H24N2O2. The Labute approximate surface area is 132 Å². The highest BCUT2D eigenvalue weighted by molar-refractivity contribution is 5.92. The van der Waals surface area contributed by atoms with Crippen LogP contribution >= 0.6 is 0 Å². The summed E-state index contributed by atoms with van der Waals surface area (Å²) in [5, 5.41) is 11.8. The van der Waals surface area contributed by atoms with Gasteiger partial charge in [0.2, 0.25) is 5.91 Å². The normalized spacial score (nSPS) is 21.1. The van der Waals surface area contributed by atoms with Crippen molar-refractivity contribution >= 4 is 11.6 Å². The zero-order valence-corrected chi connectivity index (χ0v) is 13.2. The summed E-state index contributed by atoms with van der Waals surface area (Å²) in [7, 11) is 0. The Morgan fingerprint density at radius 2 is 2.14 bits per heavy atom. The lowest BCUT2D eigenvalue weighted by Gasteiger charge is -2.30. The van der Waals surface area contributed by atoms with Crippen molar-refractivity contribution in [3.63, 3.8) is 0 Å². The molecule has 4 heteroatoms. The Bertz CT molecular complexity index is 536. The van der Waals surface area contributed by atoms with Crippen LogP contribution in [-0.4, -0.2) is 18.6 Å². The largest absolute Gasteiger partial charge is 0.377 e. The summed E-state index contributed by atoms with van der Waals surface area (Å²) in [5.74, 6) is 0.530. The van der Waals surface area contributed by atoms with E-state index in [1.807, 2.05) is 0 Å². The summed E-state index contributed by atoms with van der Waals surface area (Å²) in [5.41, 5.74) is 1.05. The van der Waals surface area contributed by atoms with Crippen molar-refractivity contribution in [1.29, 1.82) is 5.26 Å². The number of anilines is 1. The smallest absolute Gasteiger partial charge is 0.226 e. The van der Waals surface area contributed by atoms with Gasteiger partial charge in [0, 0.05) is 0 Å². The molecule has 1 aromatic carbocycles. The SMILES string of the molecule is CCC1CCCCC1OCCC(=O)Nc1ccccc1C#N. The van der Waals surface area contributed by atoms with Crippen molar-refractivity contribution in [3.8, 4) is 6.07 Å². The lowest BCUT2D eigenvalue weighted by atomic mass is 9.85.